The molecule has 4 heteroatoms. The van der Waals surface area contributed by atoms with E-state index < -0.39 is 12.0 Å². The molecule has 0 aliphatic heterocycles. The minimum Gasteiger partial charge on any atom is -0.346 e. The molecule has 0 aliphatic rings. The summed E-state index contributed by atoms with van der Waals surface area (Å²) >= 11 is 4.80. The lowest BCUT2D eigenvalue weighted by Crippen LogP contribution is -2.30. The van der Waals surface area contributed by atoms with E-state index in [-0.39, 0.29) is 0 Å². The lowest BCUT2D eigenvalue weighted by molar-refractivity contribution is -0.135. The first kappa shape index (κ1) is 9.72. The predicted molar refractivity (Wildman–Crippen MR) is 39.4 cm³/mol. The highest BCUT2D eigenvalue weighted by molar-refractivity contribution is 6.13. The van der Waals surface area contributed by atoms with Crippen LogP contribution < -0.4 is 5.73 Å². The molecule has 0 unspecified atom stereocenters. The predicted octanol–water partition coefficient (Wildman–Crippen LogP) is 1.20. The van der Waals surface area contributed by atoms with Crippen LogP contribution in [0.25, 0.3) is 0 Å². The molecule has 0 spiro atoms. The van der Waals surface area contributed by atoms with Crippen LogP contribution >= 0.6 is 11.9 Å². The van der Waals surface area contributed by atoms with Crippen LogP contribution in [0.15, 0.2) is 0 Å². The van der Waals surface area contributed by atoms with Crippen molar-refractivity contribution in [2.75, 3.05) is 0 Å². The Kier molecular flexibility index (Phi) is 5.35. The third-order valence-corrected chi connectivity index (χ3v) is 1.40. The van der Waals surface area contributed by atoms with Gasteiger partial charge in [0.2, 0.25) is 0 Å². The summed E-state index contributed by atoms with van der Waals surface area (Å²) in [4.78, 5) is 10.5. The van der Waals surface area contributed by atoms with Crippen molar-refractivity contribution in [1.82, 2.24) is 0 Å². The molecule has 0 radical (unpaired) electrons. The normalized spacial score (nSPS) is 12.7. The number of halogens is 1. The molecular weight excluding hydrogens is 154 g/mol. The molecule has 60 valence electrons. The van der Waals surface area contributed by atoms with Crippen LogP contribution in [-0.2, 0) is 9.08 Å². The third kappa shape index (κ3) is 3.69. The summed E-state index contributed by atoms with van der Waals surface area (Å²) in [5.41, 5.74) is 5.35. The summed E-state index contributed by atoms with van der Waals surface area (Å²) in [6.07, 6.45) is 2.58. The molecule has 0 heterocycles. The molecule has 0 aromatic rings. The summed E-state index contributed by atoms with van der Waals surface area (Å²) < 4.78 is 3.92. The summed E-state index contributed by atoms with van der Waals surface area (Å²) in [6.45, 7) is 2.03. The summed E-state index contributed by atoms with van der Waals surface area (Å²) in [5.74, 6) is -0.546. The number of nitrogens with two attached hydrogens (primary N) is 1. The van der Waals surface area contributed by atoms with E-state index in [2.05, 4.69) is 4.29 Å². The lowest BCUT2D eigenvalue weighted by Gasteiger charge is -2.04. The highest BCUT2D eigenvalue weighted by Gasteiger charge is 2.12. The smallest absolute Gasteiger partial charge is 0.341 e. The molecule has 1 atom stereocenters. The van der Waals surface area contributed by atoms with Crippen LogP contribution in [0.4, 0.5) is 0 Å². The van der Waals surface area contributed by atoms with E-state index in [0.717, 1.165) is 12.8 Å². The van der Waals surface area contributed by atoms with Crippen molar-refractivity contribution in [2.24, 2.45) is 5.73 Å². The Hall–Kier alpha value is -0.280. The van der Waals surface area contributed by atoms with Gasteiger partial charge in [-0.3, -0.25) is 0 Å². The fourth-order valence-corrected chi connectivity index (χ4v) is 0.714. The average Bonchev–Trinajstić information content (AvgIpc) is 1.98. The van der Waals surface area contributed by atoms with Gasteiger partial charge in [-0.15, -0.1) is 0 Å². The third-order valence-electron chi connectivity index (χ3n) is 1.25. The van der Waals surface area contributed by atoms with Gasteiger partial charge in [0.25, 0.3) is 0 Å². The first-order valence-corrected chi connectivity index (χ1v) is 3.61. The highest BCUT2D eigenvalue weighted by atomic mass is 35.5. The fourth-order valence-electron chi connectivity index (χ4n) is 0.599. The van der Waals surface area contributed by atoms with Crippen LogP contribution in [0.3, 0.4) is 0 Å². The zero-order chi connectivity index (χ0) is 7.98. The molecule has 0 rings (SSSR count). The molecular formula is C6H12ClNO2. The van der Waals surface area contributed by atoms with Crippen molar-refractivity contribution in [3.05, 3.63) is 0 Å². The monoisotopic (exact) mass is 165 g/mol. The molecule has 0 aromatic carbocycles. The quantitative estimate of drug-likeness (QED) is 0.681. The molecule has 0 saturated heterocycles. The van der Waals surface area contributed by atoms with Crippen molar-refractivity contribution in [1.29, 1.82) is 0 Å². The SMILES string of the molecule is CCCC[C@H](N)C(=O)OCl. The van der Waals surface area contributed by atoms with Crippen LogP contribution in [0.1, 0.15) is 26.2 Å². The Bertz CT molecular complexity index is 108. The van der Waals surface area contributed by atoms with Gasteiger partial charge in [-0.05, 0) is 6.42 Å². The van der Waals surface area contributed by atoms with Crippen molar-refractivity contribution in [2.45, 2.75) is 32.2 Å². The van der Waals surface area contributed by atoms with Crippen LogP contribution in [0, 0.1) is 0 Å². The largest absolute Gasteiger partial charge is 0.346 e. The fraction of sp³-hybridized carbons (Fsp3) is 0.833. The Morgan fingerprint density at radius 1 is 1.80 bits per heavy atom. The van der Waals surface area contributed by atoms with Crippen LogP contribution in [0.5, 0.6) is 0 Å². The van der Waals surface area contributed by atoms with Crippen LogP contribution in [0.2, 0.25) is 0 Å². The number of hydrogen-bond acceptors (Lipinski definition) is 3. The Labute approximate surface area is 65.7 Å². The molecule has 0 aliphatic carbocycles. The van der Waals surface area contributed by atoms with Gasteiger partial charge in [-0.25, -0.2) is 4.79 Å². The zero-order valence-electron chi connectivity index (χ0n) is 5.97. The Morgan fingerprint density at radius 2 is 2.40 bits per heavy atom. The van der Waals surface area contributed by atoms with E-state index in [1.807, 2.05) is 6.92 Å². The van der Waals surface area contributed by atoms with Gasteiger partial charge < -0.3 is 10.0 Å². The van der Waals surface area contributed by atoms with Gasteiger partial charge in [-0.1, -0.05) is 19.8 Å². The van der Waals surface area contributed by atoms with E-state index in [1.54, 1.807) is 0 Å². The first-order chi connectivity index (χ1) is 4.72. The van der Waals surface area contributed by atoms with E-state index in [0.29, 0.717) is 6.42 Å². The van der Waals surface area contributed by atoms with Gasteiger partial charge in [0.15, 0.2) is 0 Å². The molecule has 0 bridgehead atoms. The van der Waals surface area contributed by atoms with Crippen molar-refractivity contribution in [3.8, 4) is 0 Å². The minimum absolute atomic E-state index is 0.546. The summed E-state index contributed by atoms with van der Waals surface area (Å²) in [6, 6.07) is -0.558. The molecule has 10 heavy (non-hydrogen) atoms. The van der Waals surface area contributed by atoms with Gasteiger partial charge in [-0.2, -0.15) is 0 Å². The highest BCUT2D eigenvalue weighted by Crippen LogP contribution is 2.00. The van der Waals surface area contributed by atoms with Gasteiger partial charge in [0.1, 0.15) is 17.9 Å². The number of rotatable bonds is 4. The number of carbonyl (C=O) groups is 1. The van der Waals surface area contributed by atoms with Gasteiger partial charge >= 0.3 is 5.97 Å². The van der Waals surface area contributed by atoms with E-state index >= 15 is 0 Å². The van der Waals surface area contributed by atoms with E-state index in [4.69, 9.17) is 17.6 Å². The van der Waals surface area contributed by atoms with Crippen molar-refractivity contribution < 1.29 is 9.08 Å². The van der Waals surface area contributed by atoms with Gasteiger partial charge in [0, 0.05) is 0 Å². The first-order valence-electron chi connectivity index (χ1n) is 3.30. The number of hydrogen-bond donors (Lipinski definition) is 1. The van der Waals surface area contributed by atoms with Crippen LogP contribution in [-0.4, -0.2) is 12.0 Å². The van der Waals surface area contributed by atoms with Gasteiger partial charge in [0.05, 0.1) is 0 Å². The molecule has 2 N–H and O–H groups in total. The van der Waals surface area contributed by atoms with E-state index in [1.165, 1.54) is 0 Å². The molecule has 0 fully saturated rings. The summed E-state index contributed by atoms with van der Waals surface area (Å²) in [5, 5.41) is 0. The minimum atomic E-state index is -0.558. The number of unbranched alkanes of at least 4 members (excludes halogenated alkanes) is 1. The van der Waals surface area contributed by atoms with Crippen molar-refractivity contribution in [3.63, 3.8) is 0 Å². The maximum atomic E-state index is 10.5. The maximum absolute atomic E-state index is 10.5. The Balaban J connectivity index is 3.41. The van der Waals surface area contributed by atoms with E-state index in [9.17, 15) is 4.79 Å². The molecule has 3 nitrogen and oxygen atoms in total. The maximum Gasteiger partial charge on any atom is 0.341 e. The average molecular weight is 166 g/mol. The zero-order valence-corrected chi connectivity index (χ0v) is 6.73. The number of carbonyl (C=O) groups excluding carboxylic acids is 1. The second-order valence-electron chi connectivity index (χ2n) is 2.14. The molecule has 0 saturated carbocycles. The summed E-state index contributed by atoms with van der Waals surface area (Å²) in [7, 11) is 0. The topological polar surface area (TPSA) is 52.3 Å². The molecule has 0 aromatic heterocycles. The Morgan fingerprint density at radius 3 is 2.80 bits per heavy atom. The standard InChI is InChI=1S/C6H12ClNO2/c1-2-3-4-5(8)6(9)10-7/h5H,2-4,8H2,1H3/t5-/m0/s1. The second kappa shape index (κ2) is 5.50. The second-order valence-corrected chi connectivity index (χ2v) is 2.30. The lowest BCUT2D eigenvalue weighted by atomic mass is 10.1. The molecule has 0 amide bonds. The van der Waals surface area contributed by atoms with Crippen molar-refractivity contribution >= 4 is 17.8 Å².